The Kier molecular flexibility index (Phi) is 6.52. The highest BCUT2D eigenvalue weighted by Crippen LogP contribution is 2.26. The number of rotatable bonds is 6. The highest BCUT2D eigenvalue weighted by Gasteiger charge is 2.38. The van der Waals surface area contributed by atoms with Crippen LogP contribution in [0.15, 0.2) is 78.9 Å². The third-order valence-corrected chi connectivity index (χ3v) is 5.76. The molecule has 1 amide bonds. The van der Waals surface area contributed by atoms with Crippen LogP contribution in [0.5, 0.6) is 5.75 Å². The molecule has 0 unspecified atom stereocenters. The molecule has 3 aromatic carbocycles. The molecule has 32 heavy (non-hydrogen) atoms. The molecule has 1 heterocycles. The van der Waals surface area contributed by atoms with Gasteiger partial charge in [-0.1, -0.05) is 60.7 Å². The molecule has 1 fully saturated rings. The Bertz CT molecular complexity index is 1100. The second-order valence-corrected chi connectivity index (χ2v) is 7.96. The van der Waals surface area contributed by atoms with Gasteiger partial charge in [-0.15, -0.1) is 0 Å². The largest absolute Gasteiger partial charge is 0.508 e. The SMILES string of the molecule is COC(=O)[C@@H]1C[C@H](NC(=O)c2ccccc2-c2ccccc2)CN1Cc1cccc(O)c1. The van der Waals surface area contributed by atoms with E-state index >= 15 is 0 Å². The summed E-state index contributed by atoms with van der Waals surface area (Å²) >= 11 is 0. The molecule has 1 aliphatic rings. The van der Waals surface area contributed by atoms with Crippen LogP contribution in [0.3, 0.4) is 0 Å². The van der Waals surface area contributed by atoms with E-state index in [4.69, 9.17) is 4.74 Å². The average molecular weight is 431 g/mol. The molecule has 0 bridgehead atoms. The molecule has 4 rings (SSSR count). The number of aromatic hydroxyl groups is 1. The number of hydrogen-bond donors (Lipinski definition) is 2. The second-order valence-electron chi connectivity index (χ2n) is 7.96. The van der Waals surface area contributed by atoms with Crippen molar-refractivity contribution in [2.45, 2.75) is 25.0 Å². The molecule has 2 N–H and O–H groups in total. The summed E-state index contributed by atoms with van der Waals surface area (Å²) in [5.74, 6) is -0.317. The molecule has 0 aromatic heterocycles. The molecule has 6 nitrogen and oxygen atoms in total. The van der Waals surface area contributed by atoms with Crippen LogP contribution in [0.4, 0.5) is 0 Å². The summed E-state index contributed by atoms with van der Waals surface area (Å²) in [4.78, 5) is 27.5. The van der Waals surface area contributed by atoms with Crippen LogP contribution in [0.25, 0.3) is 11.1 Å². The number of nitrogens with zero attached hydrogens (tertiary/aromatic N) is 1. The lowest BCUT2D eigenvalue weighted by atomic mass is 9.99. The first-order valence-corrected chi connectivity index (χ1v) is 10.6. The zero-order valence-corrected chi connectivity index (χ0v) is 17.9. The summed E-state index contributed by atoms with van der Waals surface area (Å²) in [6.45, 7) is 0.982. The first kappa shape index (κ1) is 21.6. The third kappa shape index (κ3) is 4.81. The predicted molar refractivity (Wildman–Crippen MR) is 122 cm³/mol. The second kappa shape index (κ2) is 9.66. The van der Waals surface area contributed by atoms with Crippen LogP contribution in [0.1, 0.15) is 22.3 Å². The van der Waals surface area contributed by atoms with Crippen molar-refractivity contribution in [2.75, 3.05) is 13.7 Å². The first-order valence-electron chi connectivity index (χ1n) is 10.6. The molecule has 0 saturated carbocycles. The van der Waals surface area contributed by atoms with Gasteiger partial charge in [0.15, 0.2) is 0 Å². The highest BCUT2D eigenvalue weighted by atomic mass is 16.5. The Balaban J connectivity index is 1.51. The molecule has 1 aliphatic heterocycles. The minimum atomic E-state index is -0.461. The number of esters is 1. The van der Waals surface area contributed by atoms with Gasteiger partial charge < -0.3 is 15.2 Å². The van der Waals surface area contributed by atoms with Crippen molar-refractivity contribution >= 4 is 11.9 Å². The fourth-order valence-corrected chi connectivity index (χ4v) is 4.27. The van der Waals surface area contributed by atoms with E-state index in [1.54, 1.807) is 18.2 Å². The lowest BCUT2D eigenvalue weighted by molar-refractivity contribution is -0.146. The van der Waals surface area contributed by atoms with Gasteiger partial charge in [-0.3, -0.25) is 14.5 Å². The van der Waals surface area contributed by atoms with E-state index in [1.807, 2.05) is 65.6 Å². The number of ether oxygens (including phenoxy) is 1. The van der Waals surface area contributed by atoms with Gasteiger partial charge in [0.25, 0.3) is 5.91 Å². The van der Waals surface area contributed by atoms with Crippen molar-refractivity contribution in [2.24, 2.45) is 0 Å². The fraction of sp³-hybridized carbons (Fsp3) is 0.231. The Hall–Kier alpha value is -3.64. The standard InChI is InChI=1S/C26H26N2O4/c1-32-26(31)24-15-20(17-28(24)16-18-8-7-11-21(29)14-18)27-25(30)23-13-6-5-12-22(23)19-9-3-2-4-10-19/h2-14,20,24,29H,15-17H2,1H3,(H,27,30)/t20-,24-/m0/s1. The summed E-state index contributed by atoms with van der Waals surface area (Å²) in [7, 11) is 1.37. The number of carbonyl (C=O) groups excluding carboxylic acids is 2. The summed E-state index contributed by atoms with van der Waals surface area (Å²) in [6, 6.07) is 23.6. The van der Waals surface area contributed by atoms with Crippen LogP contribution < -0.4 is 5.32 Å². The monoisotopic (exact) mass is 430 g/mol. The zero-order chi connectivity index (χ0) is 22.5. The third-order valence-electron chi connectivity index (χ3n) is 5.76. The summed E-state index contributed by atoms with van der Waals surface area (Å²) in [5.41, 5.74) is 3.33. The van der Waals surface area contributed by atoms with Gasteiger partial charge in [0.2, 0.25) is 0 Å². The van der Waals surface area contributed by atoms with Crippen LogP contribution in [-0.4, -0.2) is 47.6 Å². The number of phenols is 1. The lowest BCUT2D eigenvalue weighted by Gasteiger charge is -2.22. The lowest BCUT2D eigenvalue weighted by Crippen LogP contribution is -2.37. The molecular formula is C26H26N2O4. The van der Waals surface area contributed by atoms with Gasteiger partial charge in [0, 0.05) is 24.7 Å². The first-order chi connectivity index (χ1) is 15.5. The van der Waals surface area contributed by atoms with Crippen molar-refractivity contribution in [3.8, 4) is 16.9 Å². The minimum absolute atomic E-state index is 0.169. The molecule has 0 spiro atoms. The maximum absolute atomic E-state index is 13.2. The van der Waals surface area contributed by atoms with Crippen LogP contribution in [0.2, 0.25) is 0 Å². The maximum Gasteiger partial charge on any atom is 0.323 e. The van der Waals surface area contributed by atoms with E-state index in [9.17, 15) is 14.7 Å². The predicted octanol–water partition coefficient (Wildman–Crippen LogP) is 3.61. The number of carbonyl (C=O) groups is 2. The number of hydrogen-bond acceptors (Lipinski definition) is 5. The van der Waals surface area contributed by atoms with Crippen LogP contribution in [-0.2, 0) is 16.1 Å². The Morgan fingerprint density at radius 3 is 2.53 bits per heavy atom. The average Bonchev–Trinajstić information content (AvgIpc) is 3.21. The van der Waals surface area contributed by atoms with E-state index in [-0.39, 0.29) is 23.7 Å². The molecule has 2 atom stereocenters. The number of likely N-dealkylation sites (tertiary alicyclic amines) is 1. The Morgan fingerprint density at radius 1 is 1.03 bits per heavy atom. The van der Waals surface area contributed by atoms with Crippen molar-refractivity contribution in [3.63, 3.8) is 0 Å². The number of amides is 1. The van der Waals surface area contributed by atoms with Gasteiger partial charge in [0.1, 0.15) is 11.8 Å². The normalized spacial score (nSPS) is 18.3. The highest BCUT2D eigenvalue weighted by molar-refractivity contribution is 6.01. The van der Waals surface area contributed by atoms with Crippen molar-refractivity contribution < 1.29 is 19.4 Å². The molecule has 6 heteroatoms. The van der Waals surface area contributed by atoms with Crippen molar-refractivity contribution in [1.29, 1.82) is 0 Å². The van der Waals surface area contributed by atoms with Gasteiger partial charge in [-0.2, -0.15) is 0 Å². The summed E-state index contributed by atoms with van der Waals surface area (Å²) in [5, 5.41) is 12.9. The number of nitrogens with one attached hydrogen (secondary N) is 1. The molecular weight excluding hydrogens is 404 g/mol. The maximum atomic E-state index is 13.2. The topological polar surface area (TPSA) is 78.9 Å². The molecule has 164 valence electrons. The van der Waals surface area contributed by atoms with E-state index in [2.05, 4.69) is 5.32 Å². The smallest absolute Gasteiger partial charge is 0.323 e. The Morgan fingerprint density at radius 2 is 1.78 bits per heavy atom. The summed E-state index contributed by atoms with van der Waals surface area (Å²) in [6.07, 6.45) is 0.463. The number of phenolic OH excluding ortho intramolecular Hbond substituents is 1. The summed E-state index contributed by atoms with van der Waals surface area (Å²) < 4.78 is 5.00. The van der Waals surface area contributed by atoms with E-state index in [0.717, 1.165) is 16.7 Å². The van der Waals surface area contributed by atoms with Crippen LogP contribution >= 0.6 is 0 Å². The van der Waals surface area contributed by atoms with E-state index in [0.29, 0.717) is 25.1 Å². The van der Waals surface area contributed by atoms with Crippen molar-refractivity contribution in [3.05, 3.63) is 90.0 Å². The van der Waals surface area contributed by atoms with Gasteiger partial charge in [-0.25, -0.2) is 0 Å². The number of methoxy groups -OCH3 is 1. The Labute approximate surface area is 187 Å². The fourth-order valence-electron chi connectivity index (χ4n) is 4.27. The van der Waals surface area contributed by atoms with E-state index in [1.165, 1.54) is 7.11 Å². The van der Waals surface area contributed by atoms with Gasteiger partial charge in [-0.05, 0) is 41.3 Å². The minimum Gasteiger partial charge on any atom is -0.508 e. The zero-order valence-electron chi connectivity index (χ0n) is 17.9. The van der Waals surface area contributed by atoms with Gasteiger partial charge >= 0.3 is 5.97 Å². The van der Waals surface area contributed by atoms with Crippen LogP contribution in [0, 0.1) is 0 Å². The molecule has 0 aliphatic carbocycles. The van der Waals surface area contributed by atoms with Crippen molar-refractivity contribution in [1.82, 2.24) is 10.2 Å². The van der Waals surface area contributed by atoms with E-state index < -0.39 is 6.04 Å². The molecule has 3 aromatic rings. The van der Waals surface area contributed by atoms with Gasteiger partial charge in [0.05, 0.1) is 7.11 Å². The quantitative estimate of drug-likeness (QED) is 0.584. The molecule has 1 saturated heterocycles. The number of benzene rings is 3. The molecule has 0 radical (unpaired) electrons.